The maximum atomic E-state index is 5.10. The first kappa shape index (κ1) is 10.2. The molecule has 2 aromatic rings. The van der Waals surface area contributed by atoms with Crippen LogP contribution in [0, 0.1) is 0 Å². The Morgan fingerprint density at radius 1 is 1.27 bits per heavy atom. The van der Waals surface area contributed by atoms with Crippen molar-refractivity contribution in [2.24, 2.45) is 7.05 Å². The van der Waals surface area contributed by atoms with Gasteiger partial charge in [0, 0.05) is 12.6 Å². The number of hydrogen-bond acceptors (Lipinski definition) is 2. The number of rotatable bonds is 2. The van der Waals surface area contributed by atoms with E-state index in [1.165, 1.54) is 0 Å². The molecule has 3 nitrogen and oxygen atoms in total. The molecule has 0 bridgehead atoms. The summed E-state index contributed by atoms with van der Waals surface area (Å²) in [6.45, 7) is 0. The fourth-order valence-corrected chi connectivity index (χ4v) is 1.67. The summed E-state index contributed by atoms with van der Waals surface area (Å²) in [6.07, 6.45) is 1.79. The normalized spacial score (nSPS) is 10.3. The van der Waals surface area contributed by atoms with Crippen molar-refractivity contribution >= 4 is 15.9 Å². The van der Waals surface area contributed by atoms with E-state index in [4.69, 9.17) is 4.74 Å². The molecule has 0 aliphatic heterocycles. The van der Waals surface area contributed by atoms with E-state index < -0.39 is 0 Å². The van der Waals surface area contributed by atoms with E-state index in [0.29, 0.717) is 0 Å². The summed E-state index contributed by atoms with van der Waals surface area (Å²) in [7, 11) is 3.63. The third kappa shape index (κ3) is 1.90. The van der Waals surface area contributed by atoms with Crippen molar-refractivity contribution < 1.29 is 4.74 Å². The zero-order valence-electron chi connectivity index (χ0n) is 8.57. The molecule has 78 valence electrons. The highest BCUT2D eigenvalue weighted by atomic mass is 79.9. The van der Waals surface area contributed by atoms with Gasteiger partial charge >= 0.3 is 0 Å². The first-order chi connectivity index (χ1) is 7.22. The lowest BCUT2D eigenvalue weighted by Crippen LogP contribution is -1.92. The molecule has 0 N–H and O–H groups in total. The molecule has 0 fully saturated rings. The fourth-order valence-electron chi connectivity index (χ4n) is 1.40. The third-order valence-corrected chi connectivity index (χ3v) is 3.02. The Kier molecular flexibility index (Phi) is 2.77. The van der Waals surface area contributed by atoms with Crippen LogP contribution in [-0.4, -0.2) is 16.7 Å². The average Bonchev–Trinajstić information content (AvgIpc) is 2.60. The second-order valence-electron chi connectivity index (χ2n) is 3.19. The van der Waals surface area contributed by atoms with Crippen LogP contribution < -0.4 is 4.74 Å². The molecule has 0 radical (unpaired) electrons. The zero-order valence-corrected chi connectivity index (χ0v) is 10.2. The van der Waals surface area contributed by atoms with E-state index in [2.05, 4.69) is 20.9 Å². The number of imidazole rings is 1. The number of halogens is 1. The van der Waals surface area contributed by atoms with Crippen molar-refractivity contribution in [2.45, 2.75) is 0 Å². The van der Waals surface area contributed by atoms with Crippen molar-refractivity contribution in [1.29, 1.82) is 0 Å². The van der Waals surface area contributed by atoms with Gasteiger partial charge in [0.25, 0.3) is 0 Å². The SMILES string of the molecule is COc1ccc(-c2ncc(Br)n2C)cc1. The molecule has 2 rings (SSSR count). The van der Waals surface area contributed by atoms with Crippen LogP contribution >= 0.6 is 15.9 Å². The lowest BCUT2D eigenvalue weighted by atomic mass is 10.2. The van der Waals surface area contributed by atoms with Crippen molar-refractivity contribution in [1.82, 2.24) is 9.55 Å². The lowest BCUT2D eigenvalue weighted by molar-refractivity contribution is 0.415. The number of methoxy groups -OCH3 is 1. The van der Waals surface area contributed by atoms with Gasteiger partial charge in [0.2, 0.25) is 0 Å². The van der Waals surface area contributed by atoms with E-state index in [9.17, 15) is 0 Å². The molecule has 0 saturated heterocycles. The zero-order chi connectivity index (χ0) is 10.8. The van der Waals surface area contributed by atoms with E-state index in [-0.39, 0.29) is 0 Å². The second kappa shape index (κ2) is 4.06. The predicted molar refractivity (Wildman–Crippen MR) is 62.9 cm³/mol. The Labute approximate surface area is 96.8 Å². The molecular formula is C11H11BrN2O. The minimum Gasteiger partial charge on any atom is -0.497 e. The van der Waals surface area contributed by atoms with Gasteiger partial charge in [-0.1, -0.05) is 0 Å². The minimum absolute atomic E-state index is 0.854. The van der Waals surface area contributed by atoms with E-state index >= 15 is 0 Å². The Hall–Kier alpha value is -1.29. The molecule has 0 amide bonds. The molecule has 0 unspecified atom stereocenters. The van der Waals surface area contributed by atoms with E-state index in [1.807, 2.05) is 35.9 Å². The highest BCUT2D eigenvalue weighted by Gasteiger charge is 2.06. The molecular weight excluding hydrogens is 256 g/mol. The van der Waals surface area contributed by atoms with Crippen LogP contribution in [0.5, 0.6) is 5.75 Å². The maximum Gasteiger partial charge on any atom is 0.140 e. The summed E-state index contributed by atoms with van der Waals surface area (Å²) in [6, 6.07) is 7.84. The highest BCUT2D eigenvalue weighted by Crippen LogP contribution is 2.23. The topological polar surface area (TPSA) is 27.1 Å². The smallest absolute Gasteiger partial charge is 0.140 e. The third-order valence-electron chi connectivity index (χ3n) is 2.28. The summed E-state index contributed by atoms with van der Waals surface area (Å²) >= 11 is 3.42. The maximum absolute atomic E-state index is 5.10. The van der Waals surface area contributed by atoms with Gasteiger partial charge in [-0.05, 0) is 40.2 Å². The number of benzene rings is 1. The Morgan fingerprint density at radius 3 is 2.40 bits per heavy atom. The minimum atomic E-state index is 0.854. The summed E-state index contributed by atoms with van der Waals surface area (Å²) in [4.78, 5) is 4.32. The Morgan fingerprint density at radius 2 is 1.93 bits per heavy atom. The largest absolute Gasteiger partial charge is 0.497 e. The second-order valence-corrected chi connectivity index (χ2v) is 4.00. The lowest BCUT2D eigenvalue weighted by Gasteiger charge is -2.04. The van der Waals surface area contributed by atoms with Crippen LogP contribution in [0.15, 0.2) is 35.1 Å². The number of hydrogen-bond donors (Lipinski definition) is 0. The number of nitrogens with zero attached hydrogens (tertiary/aromatic N) is 2. The van der Waals surface area contributed by atoms with Crippen molar-refractivity contribution in [3.05, 3.63) is 35.1 Å². The molecule has 0 aliphatic carbocycles. The van der Waals surface area contributed by atoms with Crippen molar-refractivity contribution in [3.8, 4) is 17.1 Å². The molecule has 0 aliphatic rings. The summed E-state index contributed by atoms with van der Waals surface area (Å²) < 4.78 is 8.06. The van der Waals surface area contributed by atoms with Gasteiger partial charge in [0.1, 0.15) is 16.2 Å². The molecule has 15 heavy (non-hydrogen) atoms. The average molecular weight is 267 g/mol. The molecule has 0 spiro atoms. The monoisotopic (exact) mass is 266 g/mol. The molecule has 1 heterocycles. The van der Waals surface area contributed by atoms with Gasteiger partial charge in [-0.2, -0.15) is 0 Å². The van der Waals surface area contributed by atoms with Crippen LogP contribution in [0.25, 0.3) is 11.4 Å². The Balaban J connectivity index is 2.41. The standard InChI is InChI=1S/C11H11BrN2O/c1-14-10(12)7-13-11(14)8-3-5-9(15-2)6-4-8/h3-7H,1-2H3. The van der Waals surface area contributed by atoms with Gasteiger partial charge in [-0.25, -0.2) is 4.98 Å². The molecule has 1 aromatic heterocycles. The van der Waals surface area contributed by atoms with Crippen LogP contribution in [-0.2, 0) is 7.05 Å². The fraction of sp³-hybridized carbons (Fsp3) is 0.182. The number of ether oxygens (including phenoxy) is 1. The van der Waals surface area contributed by atoms with Gasteiger partial charge in [-0.3, -0.25) is 0 Å². The van der Waals surface area contributed by atoms with E-state index in [0.717, 1.165) is 21.7 Å². The first-order valence-corrected chi connectivity index (χ1v) is 5.33. The van der Waals surface area contributed by atoms with Gasteiger partial charge < -0.3 is 9.30 Å². The molecule has 1 aromatic carbocycles. The van der Waals surface area contributed by atoms with Crippen LogP contribution in [0.1, 0.15) is 0 Å². The summed E-state index contributed by atoms with van der Waals surface area (Å²) in [5.41, 5.74) is 1.07. The van der Waals surface area contributed by atoms with Gasteiger partial charge in [0.15, 0.2) is 0 Å². The number of aromatic nitrogens is 2. The predicted octanol–water partition coefficient (Wildman–Crippen LogP) is 2.86. The summed E-state index contributed by atoms with van der Waals surface area (Å²) in [5, 5.41) is 0. The highest BCUT2D eigenvalue weighted by molar-refractivity contribution is 9.10. The van der Waals surface area contributed by atoms with Gasteiger partial charge in [0.05, 0.1) is 13.3 Å². The Bertz CT molecular complexity index is 462. The quantitative estimate of drug-likeness (QED) is 0.836. The van der Waals surface area contributed by atoms with E-state index in [1.54, 1.807) is 13.3 Å². The van der Waals surface area contributed by atoms with Crippen molar-refractivity contribution in [3.63, 3.8) is 0 Å². The van der Waals surface area contributed by atoms with Crippen LogP contribution in [0.4, 0.5) is 0 Å². The molecule has 4 heteroatoms. The van der Waals surface area contributed by atoms with Crippen molar-refractivity contribution in [2.75, 3.05) is 7.11 Å². The molecule has 0 saturated carbocycles. The van der Waals surface area contributed by atoms with Gasteiger partial charge in [-0.15, -0.1) is 0 Å². The van der Waals surface area contributed by atoms with Crippen LogP contribution in [0.3, 0.4) is 0 Å². The van der Waals surface area contributed by atoms with Crippen LogP contribution in [0.2, 0.25) is 0 Å². The molecule has 0 atom stereocenters. The summed E-state index contributed by atoms with van der Waals surface area (Å²) in [5.74, 6) is 1.79. The first-order valence-electron chi connectivity index (χ1n) is 4.54.